The normalized spacial score (nSPS) is 11.5. The summed E-state index contributed by atoms with van der Waals surface area (Å²) in [6.45, 7) is 1.67. The van der Waals surface area contributed by atoms with E-state index in [1.54, 1.807) is 13.0 Å². The lowest BCUT2D eigenvalue weighted by molar-refractivity contribution is -0.385. The number of carbonyl (C=O) groups excluding carboxylic acids is 1. The minimum absolute atomic E-state index is 0.0408. The second kappa shape index (κ2) is 11.2. The quantitative estimate of drug-likeness (QED) is 0.232. The number of amides is 2. The molecule has 0 atom stereocenters. The molecular formula is C20H22F3N3O5S. The van der Waals surface area contributed by atoms with E-state index in [0.29, 0.717) is 11.1 Å². The highest BCUT2D eigenvalue weighted by Gasteiger charge is 2.30. The van der Waals surface area contributed by atoms with Crippen molar-refractivity contribution >= 4 is 29.4 Å². The van der Waals surface area contributed by atoms with Crippen LogP contribution in [0.2, 0.25) is 0 Å². The number of benzene rings is 2. The van der Waals surface area contributed by atoms with Crippen LogP contribution in [0, 0.1) is 17.0 Å². The number of nitrogens with zero attached hydrogens (tertiary/aromatic N) is 2. The van der Waals surface area contributed by atoms with Gasteiger partial charge in [-0.15, -0.1) is 0 Å². The average Bonchev–Trinajstić information content (AvgIpc) is 2.73. The maximum Gasteiger partial charge on any atom is 0.416 e. The molecule has 0 unspecified atom stereocenters. The number of rotatable bonds is 9. The van der Waals surface area contributed by atoms with Crippen LogP contribution in [0.1, 0.15) is 16.7 Å². The van der Waals surface area contributed by atoms with Crippen molar-refractivity contribution < 1.29 is 32.4 Å². The first-order valence-electron chi connectivity index (χ1n) is 9.23. The van der Waals surface area contributed by atoms with Gasteiger partial charge in [-0.25, -0.2) is 4.79 Å². The van der Waals surface area contributed by atoms with Gasteiger partial charge in [0.2, 0.25) is 0 Å². The number of nitro groups is 1. The van der Waals surface area contributed by atoms with Gasteiger partial charge in [0.25, 0.3) is 5.69 Å². The Bertz CT molecular complexity index is 937. The van der Waals surface area contributed by atoms with E-state index in [4.69, 9.17) is 9.47 Å². The van der Waals surface area contributed by atoms with Gasteiger partial charge in [-0.2, -0.15) is 13.2 Å². The van der Waals surface area contributed by atoms with Crippen molar-refractivity contribution in [3.63, 3.8) is 0 Å². The van der Waals surface area contributed by atoms with Gasteiger partial charge in [-0.3, -0.25) is 14.4 Å². The largest absolute Gasteiger partial charge is 0.416 e. The van der Waals surface area contributed by atoms with E-state index in [1.165, 1.54) is 30.7 Å². The van der Waals surface area contributed by atoms with E-state index in [-0.39, 0.29) is 23.7 Å². The number of ether oxygens (including phenoxy) is 2. The number of aryl methyl sites for hydroxylation is 1. The monoisotopic (exact) mass is 473 g/mol. The number of carbonyl (C=O) groups is 1. The van der Waals surface area contributed by atoms with Crippen molar-refractivity contribution in [3.05, 3.63) is 69.3 Å². The standard InChI is InChI=1S/C20H22F3N3O5S/c1-13-10-14(4-9-17(13)26(28)29)11-25(32-12-18(30-2)31-3)19(27)24-16-7-5-15(6-8-16)20(21,22)23/h4-10,18H,11-12H2,1-3H3,(H,24,27). The molecule has 0 aliphatic rings. The summed E-state index contributed by atoms with van der Waals surface area (Å²) in [6.07, 6.45) is -5.08. The van der Waals surface area contributed by atoms with Crippen LogP contribution >= 0.6 is 11.9 Å². The Hall–Kier alpha value is -2.83. The molecule has 12 heteroatoms. The zero-order chi connectivity index (χ0) is 23.9. The Balaban J connectivity index is 2.19. The Morgan fingerprint density at radius 3 is 2.31 bits per heavy atom. The Labute approximate surface area is 187 Å². The molecule has 1 N–H and O–H groups in total. The van der Waals surface area contributed by atoms with Gasteiger partial charge in [-0.05, 0) is 54.8 Å². The van der Waals surface area contributed by atoms with Crippen molar-refractivity contribution in [1.29, 1.82) is 0 Å². The van der Waals surface area contributed by atoms with Gasteiger partial charge in [0.1, 0.15) is 0 Å². The van der Waals surface area contributed by atoms with Gasteiger partial charge in [0.05, 0.1) is 22.8 Å². The van der Waals surface area contributed by atoms with Crippen molar-refractivity contribution in [2.24, 2.45) is 0 Å². The van der Waals surface area contributed by atoms with Gasteiger partial charge < -0.3 is 14.8 Å². The molecule has 0 spiro atoms. The number of anilines is 1. The summed E-state index contributed by atoms with van der Waals surface area (Å²) < 4.78 is 49.8. The highest BCUT2D eigenvalue weighted by atomic mass is 32.2. The maximum atomic E-state index is 12.8. The smallest absolute Gasteiger partial charge is 0.355 e. The van der Waals surface area contributed by atoms with E-state index < -0.39 is 29.0 Å². The lowest BCUT2D eigenvalue weighted by Gasteiger charge is -2.24. The van der Waals surface area contributed by atoms with Crippen LogP contribution in [-0.2, 0) is 22.2 Å². The molecule has 0 aromatic heterocycles. The second-order valence-corrected chi connectivity index (χ2v) is 7.65. The number of methoxy groups -OCH3 is 2. The minimum Gasteiger partial charge on any atom is -0.355 e. The number of hydrogen-bond donors (Lipinski definition) is 1. The molecule has 8 nitrogen and oxygen atoms in total. The summed E-state index contributed by atoms with van der Waals surface area (Å²) in [4.78, 5) is 23.4. The van der Waals surface area contributed by atoms with Crippen LogP contribution in [0.25, 0.3) is 0 Å². The van der Waals surface area contributed by atoms with Gasteiger partial charge in [-0.1, -0.05) is 6.07 Å². The van der Waals surface area contributed by atoms with Gasteiger partial charge >= 0.3 is 12.2 Å². The summed E-state index contributed by atoms with van der Waals surface area (Å²) >= 11 is 1.08. The van der Waals surface area contributed by atoms with Crippen molar-refractivity contribution in [1.82, 2.24) is 4.31 Å². The summed E-state index contributed by atoms with van der Waals surface area (Å²) in [7, 11) is 2.89. The molecule has 0 aliphatic carbocycles. The third-order valence-corrected chi connectivity index (χ3v) is 5.39. The predicted molar refractivity (Wildman–Crippen MR) is 114 cm³/mol. The van der Waals surface area contributed by atoms with E-state index in [2.05, 4.69) is 5.32 Å². The Kier molecular flexibility index (Phi) is 8.87. The van der Waals surface area contributed by atoms with E-state index in [9.17, 15) is 28.1 Å². The van der Waals surface area contributed by atoms with Gasteiger partial charge in [0.15, 0.2) is 6.29 Å². The van der Waals surface area contributed by atoms with Crippen LogP contribution in [0.3, 0.4) is 0 Å². The summed E-state index contributed by atoms with van der Waals surface area (Å²) in [5.74, 6) is 0.249. The molecule has 2 aromatic carbocycles. The van der Waals surface area contributed by atoms with E-state index >= 15 is 0 Å². The lowest BCUT2D eigenvalue weighted by atomic mass is 10.1. The molecule has 0 saturated carbocycles. The molecule has 0 radical (unpaired) electrons. The number of halogens is 3. The fourth-order valence-corrected chi connectivity index (χ4v) is 3.65. The molecule has 174 valence electrons. The lowest BCUT2D eigenvalue weighted by Crippen LogP contribution is -2.31. The highest BCUT2D eigenvalue weighted by Crippen LogP contribution is 2.30. The highest BCUT2D eigenvalue weighted by molar-refractivity contribution is 7.97. The predicted octanol–water partition coefficient (Wildman–Crippen LogP) is 5.22. The first kappa shape index (κ1) is 25.4. The number of hydrogen-bond acceptors (Lipinski definition) is 6. The van der Waals surface area contributed by atoms with E-state index in [1.807, 2.05) is 0 Å². The fraction of sp³-hybridized carbons (Fsp3) is 0.350. The van der Waals surface area contributed by atoms with Crippen LogP contribution in [-0.4, -0.2) is 41.5 Å². The second-order valence-electron chi connectivity index (χ2n) is 6.62. The number of urea groups is 1. The number of alkyl halides is 3. The van der Waals surface area contributed by atoms with Crippen molar-refractivity contribution in [2.45, 2.75) is 25.9 Å². The summed E-state index contributed by atoms with van der Waals surface area (Å²) in [5.41, 5.74) is 0.387. The first-order valence-corrected chi connectivity index (χ1v) is 10.2. The topological polar surface area (TPSA) is 93.9 Å². The maximum absolute atomic E-state index is 12.8. The molecule has 0 fully saturated rings. The molecule has 0 bridgehead atoms. The molecule has 0 saturated heterocycles. The first-order chi connectivity index (χ1) is 15.0. The zero-order valence-corrected chi connectivity index (χ0v) is 18.3. The van der Waals surface area contributed by atoms with E-state index in [0.717, 1.165) is 36.2 Å². The third kappa shape index (κ3) is 7.11. The van der Waals surface area contributed by atoms with Crippen LogP contribution in [0.15, 0.2) is 42.5 Å². The number of nitro benzene ring substituents is 1. The molecule has 2 aromatic rings. The molecule has 32 heavy (non-hydrogen) atoms. The average molecular weight is 473 g/mol. The Morgan fingerprint density at radius 1 is 1.19 bits per heavy atom. The zero-order valence-electron chi connectivity index (χ0n) is 17.5. The van der Waals surface area contributed by atoms with Crippen LogP contribution in [0.5, 0.6) is 0 Å². The van der Waals surface area contributed by atoms with Crippen molar-refractivity contribution in [3.8, 4) is 0 Å². The Morgan fingerprint density at radius 2 is 1.81 bits per heavy atom. The van der Waals surface area contributed by atoms with Gasteiger partial charge in [0, 0.05) is 31.5 Å². The van der Waals surface area contributed by atoms with Crippen LogP contribution in [0.4, 0.5) is 29.3 Å². The number of nitrogens with one attached hydrogen (secondary N) is 1. The molecular weight excluding hydrogens is 451 g/mol. The van der Waals surface area contributed by atoms with Crippen molar-refractivity contribution in [2.75, 3.05) is 25.3 Å². The molecule has 2 amide bonds. The minimum atomic E-state index is -4.48. The molecule has 2 rings (SSSR count). The molecule has 0 heterocycles. The summed E-state index contributed by atoms with van der Waals surface area (Å²) in [5, 5.41) is 13.6. The van der Waals surface area contributed by atoms with Crippen LogP contribution < -0.4 is 5.32 Å². The third-order valence-electron chi connectivity index (χ3n) is 4.37. The summed E-state index contributed by atoms with van der Waals surface area (Å²) in [6, 6.07) is 7.97. The molecule has 0 aliphatic heterocycles. The SMILES string of the molecule is COC(CSN(Cc1ccc([N+](=O)[O-])c(C)c1)C(=O)Nc1ccc(C(F)(F)F)cc1)OC. The fourth-order valence-electron chi connectivity index (χ4n) is 2.67.